The van der Waals surface area contributed by atoms with Gasteiger partial charge in [0.05, 0.1) is 17.1 Å². The summed E-state index contributed by atoms with van der Waals surface area (Å²) in [5, 5.41) is 9.97. The van der Waals surface area contributed by atoms with Gasteiger partial charge in [-0.15, -0.1) is 0 Å². The molecule has 2 fully saturated rings. The van der Waals surface area contributed by atoms with Gasteiger partial charge < -0.3 is 15.2 Å². The van der Waals surface area contributed by atoms with Crippen molar-refractivity contribution < 1.29 is 18.1 Å². The van der Waals surface area contributed by atoms with E-state index in [2.05, 4.69) is 25.8 Å². The van der Waals surface area contributed by atoms with Crippen molar-refractivity contribution in [1.29, 1.82) is 0 Å². The number of aromatic nitrogens is 4. The van der Waals surface area contributed by atoms with E-state index >= 15 is 0 Å². The Morgan fingerprint density at radius 1 is 1.11 bits per heavy atom. The van der Waals surface area contributed by atoms with Gasteiger partial charge >= 0.3 is 0 Å². The fourth-order valence-electron chi connectivity index (χ4n) is 4.96. The average molecular weight is 497 g/mol. The number of rotatable bonds is 7. The summed E-state index contributed by atoms with van der Waals surface area (Å²) >= 11 is 0. The molecule has 2 atom stereocenters. The molecule has 2 aliphatic rings. The first-order chi connectivity index (χ1) is 17.3. The molecule has 2 saturated carbocycles. The van der Waals surface area contributed by atoms with Gasteiger partial charge in [0, 0.05) is 35.8 Å². The van der Waals surface area contributed by atoms with Crippen LogP contribution in [0, 0.1) is 25.7 Å². The summed E-state index contributed by atoms with van der Waals surface area (Å²) in [6, 6.07) is 5.32. The largest absolute Gasteiger partial charge is 0.354 e. The summed E-state index contributed by atoms with van der Waals surface area (Å²) < 4.78 is 32.7. The maximum absolute atomic E-state index is 13.6. The van der Waals surface area contributed by atoms with Gasteiger partial charge in [-0.3, -0.25) is 4.79 Å². The fourth-order valence-corrected chi connectivity index (χ4v) is 4.96. The lowest BCUT2D eigenvalue weighted by molar-refractivity contribution is -0.119. The molecular weight excluding hydrogens is 466 g/mol. The standard InChI is InChI=1S/C26H30F2N6O2/c1-14-22(26(14,27)28)24(35)32-19-9-10-21(31-16(19)3)23-18(15(2)34-36-23)13-30-25-29-12-11-20(33-25)17-7-5-4-6-8-17/h9-12,14,17,22H,4-8,13H2,1-3H3,(H,32,35)(H,29,30,33). The molecule has 3 aromatic heterocycles. The monoisotopic (exact) mass is 496 g/mol. The maximum Gasteiger partial charge on any atom is 0.263 e. The number of hydrogen-bond donors (Lipinski definition) is 2. The summed E-state index contributed by atoms with van der Waals surface area (Å²) in [6.07, 6.45) is 7.88. The Labute approximate surface area is 208 Å². The van der Waals surface area contributed by atoms with E-state index in [0.29, 0.717) is 46.9 Å². The SMILES string of the molecule is Cc1nc(-c2onc(C)c2CNc2nccc(C3CCCCC3)n2)ccc1NC(=O)C1C(C)C1(F)F. The van der Waals surface area contributed by atoms with Crippen LogP contribution in [-0.4, -0.2) is 31.9 Å². The van der Waals surface area contributed by atoms with Gasteiger partial charge in [0.2, 0.25) is 11.9 Å². The van der Waals surface area contributed by atoms with E-state index in [1.54, 1.807) is 25.3 Å². The smallest absolute Gasteiger partial charge is 0.263 e. The number of anilines is 2. The number of halogens is 2. The van der Waals surface area contributed by atoms with Crippen LogP contribution >= 0.6 is 0 Å². The third kappa shape index (κ3) is 4.68. The van der Waals surface area contributed by atoms with Crippen molar-refractivity contribution in [1.82, 2.24) is 20.1 Å². The van der Waals surface area contributed by atoms with Crippen LogP contribution in [0.1, 0.15) is 67.6 Å². The number of carbonyl (C=O) groups is 1. The highest BCUT2D eigenvalue weighted by molar-refractivity contribution is 5.96. The highest BCUT2D eigenvalue weighted by atomic mass is 19.3. The lowest BCUT2D eigenvalue weighted by Gasteiger charge is -2.21. The zero-order valence-corrected chi connectivity index (χ0v) is 20.6. The molecule has 3 heterocycles. The molecule has 2 unspecified atom stereocenters. The maximum atomic E-state index is 13.6. The van der Waals surface area contributed by atoms with E-state index in [9.17, 15) is 13.6 Å². The Hall–Kier alpha value is -3.43. The predicted molar refractivity (Wildman–Crippen MR) is 131 cm³/mol. The first-order valence-electron chi connectivity index (χ1n) is 12.4. The Morgan fingerprint density at radius 2 is 1.86 bits per heavy atom. The minimum absolute atomic E-state index is 0.391. The Bertz CT molecular complexity index is 1270. The molecule has 5 rings (SSSR count). The topological polar surface area (TPSA) is 106 Å². The molecule has 2 N–H and O–H groups in total. The summed E-state index contributed by atoms with van der Waals surface area (Å²) in [6.45, 7) is 5.32. The number of amides is 1. The Balaban J connectivity index is 1.29. The van der Waals surface area contributed by atoms with Crippen molar-refractivity contribution in [2.75, 3.05) is 10.6 Å². The zero-order chi connectivity index (χ0) is 25.4. The van der Waals surface area contributed by atoms with Crippen LogP contribution in [0.4, 0.5) is 20.4 Å². The number of carbonyl (C=O) groups excluding carboxylic acids is 1. The van der Waals surface area contributed by atoms with Crippen molar-refractivity contribution in [3.05, 3.63) is 47.0 Å². The van der Waals surface area contributed by atoms with Crippen molar-refractivity contribution in [2.45, 2.75) is 71.3 Å². The van der Waals surface area contributed by atoms with Crippen molar-refractivity contribution in [3.63, 3.8) is 0 Å². The van der Waals surface area contributed by atoms with Gasteiger partial charge in [-0.2, -0.15) is 0 Å². The Morgan fingerprint density at radius 3 is 2.56 bits per heavy atom. The predicted octanol–water partition coefficient (Wildman–Crippen LogP) is 5.64. The molecule has 2 aliphatic carbocycles. The van der Waals surface area contributed by atoms with E-state index in [-0.39, 0.29) is 0 Å². The van der Waals surface area contributed by atoms with Crippen LogP contribution < -0.4 is 10.6 Å². The van der Waals surface area contributed by atoms with E-state index < -0.39 is 23.7 Å². The molecule has 8 nitrogen and oxygen atoms in total. The quantitative estimate of drug-likeness (QED) is 0.436. The third-order valence-electron chi connectivity index (χ3n) is 7.38. The molecule has 10 heteroatoms. The van der Waals surface area contributed by atoms with Crippen LogP contribution in [0.25, 0.3) is 11.5 Å². The normalized spacial score (nSPS) is 21.2. The molecule has 0 aliphatic heterocycles. The van der Waals surface area contributed by atoms with Crippen LogP contribution in [0.5, 0.6) is 0 Å². The minimum Gasteiger partial charge on any atom is -0.354 e. The molecule has 36 heavy (non-hydrogen) atoms. The second-order valence-corrected chi connectivity index (χ2v) is 9.83. The van der Waals surface area contributed by atoms with Gasteiger partial charge in [0.15, 0.2) is 5.76 Å². The van der Waals surface area contributed by atoms with E-state index in [1.807, 2.05) is 13.0 Å². The second-order valence-electron chi connectivity index (χ2n) is 9.83. The minimum atomic E-state index is -2.95. The molecule has 190 valence electrons. The van der Waals surface area contributed by atoms with Gasteiger partial charge in [0.1, 0.15) is 11.6 Å². The van der Waals surface area contributed by atoms with Gasteiger partial charge in [-0.1, -0.05) is 31.3 Å². The van der Waals surface area contributed by atoms with E-state index in [0.717, 1.165) is 24.1 Å². The van der Waals surface area contributed by atoms with E-state index in [1.165, 1.54) is 26.2 Å². The number of aryl methyl sites for hydroxylation is 2. The molecule has 1 amide bonds. The molecule has 0 spiro atoms. The van der Waals surface area contributed by atoms with Crippen LogP contribution in [-0.2, 0) is 11.3 Å². The third-order valence-corrected chi connectivity index (χ3v) is 7.38. The molecule has 0 saturated heterocycles. The highest BCUT2D eigenvalue weighted by Crippen LogP contribution is 2.55. The summed E-state index contributed by atoms with van der Waals surface area (Å²) in [5.41, 5.74) is 4.02. The van der Waals surface area contributed by atoms with Crippen LogP contribution in [0.3, 0.4) is 0 Å². The molecular formula is C26H30F2N6O2. The number of hydrogen-bond acceptors (Lipinski definition) is 7. The van der Waals surface area contributed by atoms with Crippen molar-refractivity contribution in [3.8, 4) is 11.5 Å². The van der Waals surface area contributed by atoms with Crippen LogP contribution in [0.15, 0.2) is 28.9 Å². The number of alkyl halides is 2. The lowest BCUT2D eigenvalue weighted by atomic mass is 9.87. The Kier molecular flexibility index (Phi) is 6.44. The number of pyridine rings is 1. The summed E-state index contributed by atoms with van der Waals surface area (Å²) in [4.78, 5) is 25.9. The number of nitrogens with zero attached hydrogens (tertiary/aromatic N) is 4. The van der Waals surface area contributed by atoms with Gasteiger partial charge in [0.25, 0.3) is 5.92 Å². The first kappa shape index (κ1) is 24.3. The highest BCUT2D eigenvalue weighted by Gasteiger charge is 2.69. The zero-order valence-electron chi connectivity index (χ0n) is 20.6. The van der Waals surface area contributed by atoms with Crippen LogP contribution in [0.2, 0.25) is 0 Å². The molecule has 0 radical (unpaired) electrons. The molecule has 0 aromatic carbocycles. The molecule has 0 bridgehead atoms. The van der Waals surface area contributed by atoms with Gasteiger partial charge in [-0.25, -0.2) is 23.7 Å². The lowest BCUT2D eigenvalue weighted by Crippen LogP contribution is -2.18. The van der Waals surface area contributed by atoms with Crippen molar-refractivity contribution >= 4 is 17.5 Å². The summed E-state index contributed by atoms with van der Waals surface area (Å²) in [7, 11) is 0. The summed E-state index contributed by atoms with van der Waals surface area (Å²) in [5.74, 6) is -4.37. The second kappa shape index (κ2) is 9.55. The van der Waals surface area contributed by atoms with E-state index in [4.69, 9.17) is 9.51 Å². The first-order valence-corrected chi connectivity index (χ1v) is 12.4. The number of nitrogens with one attached hydrogen (secondary N) is 2. The molecule has 3 aromatic rings. The average Bonchev–Trinajstić information content (AvgIpc) is 3.17. The van der Waals surface area contributed by atoms with Gasteiger partial charge in [-0.05, 0) is 44.9 Å². The fraction of sp³-hybridized carbons (Fsp3) is 0.500. The van der Waals surface area contributed by atoms with Crippen molar-refractivity contribution in [2.24, 2.45) is 11.8 Å².